The molecule has 1 N–H and O–H groups in total. The Labute approximate surface area is 127 Å². The summed E-state index contributed by atoms with van der Waals surface area (Å²) in [4.78, 5) is 17.4. The summed E-state index contributed by atoms with van der Waals surface area (Å²) in [6.07, 6.45) is 2.62. The fourth-order valence-corrected chi connectivity index (χ4v) is 3.33. The van der Waals surface area contributed by atoms with Crippen LogP contribution in [0.3, 0.4) is 0 Å². The smallest absolute Gasteiger partial charge is 0.263 e. The molecular weight excluding hydrogens is 268 g/mol. The van der Waals surface area contributed by atoms with Crippen molar-refractivity contribution in [3.05, 3.63) is 16.1 Å². The third-order valence-electron chi connectivity index (χ3n) is 2.80. The van der Waals surface area contributed by atoms with Crippen molar-refractivity contribution >= 4 is 17.2 Å². The first-order valence-electron chi connectivity index (χ1n) is 7.09. The summed E-state index contributed by atoms with van der Waals surface area (Å²) in [6, 6.07) is 0. The van der Waals surface area contributed by atoms with Gasteiger partial charge in [-0.2, -0.15) is 0 Å². The standard InChI is InChI=1S/C16H28N2OS/c1-14(2,3)10-16(7,8)18-12(19)11-9-17-13(20-11)15(4,5)6/h9H,10H2,1-8H3,(H,18,19). The van der Waals surface area contributed by atoms with Crippen molar-refractivity contribution in [3.63, 3.8) is 0 Å². The van der Waals surface area contributed by atoms with Crippen LogP contribution in [-0.4, -0.2) is 16.4 Å². The van der Waals surface area contributed by atoms with Gasteiger partial charge in [0.25, 0.3) is 5.91 Å². The number of hydrogen-bond donors (Lipinski definition) is 1. The topological polar surface area (TPSA) is 42.0 Å². The van der Waals surface area contributed by atoms with E-state index < -0.39 is 0 Å². The van der Waals surface area contributed by atoms with Crippen molar-refractivity contribution in [1.29, 1.82) is 0 Å². The molecule has 0 saturated carbocycles. The lowest BCUT2D eigenvalue weighted by molar-refractivity contribution is 0.0895. The highest BCUT2D eigenvalue weighted by Crippen LogP contribution is 2.29. The van der Waals surface area contributed by atoms with Gasteiger partial charge in [0, 0.05) is 11.0 Å². The van der Waals surface area contributed by atoms with E-state index in [1.165, 1.54) is 11.3 Å². The summed E-state index contributed by atoms with van der Waals surface area (Å²) < 4.78 is 0. The molecule has 1 rings (SSSR count). The second-order valence-electron chi connectivity index (χ2n) is 8.36. The SMILES string of the molecule is CC(C)(C)CC(C)(C)NC(=O)c1cnc(C(C)(C)C)s1. The van der Waals surface area contributed by atoms with Crippen LogP contribution in [0.15, 0.2) is 6.20 Å². The molecule has 114 valence electrons. The molecule has 0 aliphatic heterocycles. The molecule has 0 atom stereocenters. The van der Waals surface area contributed by atoms with E-state index >= 15 is 0 Å². The van der Waals surface area contributed by atoms with Crippen LogP contribution in [0.4, 0.5) is 0 Å². The summed E-state index contributed by atoms with van der Waals surface area (Å²) in [6.45, 7) is 17.0. The van der Waals surface area contributed by atoms with Crippen molar-refractivity contribution in [2.75, 3.05) is 0 Å². The number of aromatic nitrogens is 1. The Morgan fingerprint density at radius 3 is 2.10 bits per heavy atom. The Balaban J connectivity index is 2.79. The zero-order valence-corrected chi connectivity index (χ0v) is 14.9. The van der Waals surface area contributed by atoms with Gasteiger partial charge in [-0.25, -0.2) is 4.98 Å². The van der Waals surface area contributed by atoms with Crippen LogP contribution >= 0.6 is 11.3 Å². The van der Waals surface area contributed by atoms with E-state index in [-0.39, 0.29) is 22.3 Å². The molecule has 0 aromatic carbocycles. The third-order valence-corrected chi connectivity index (χ3v) is 4.22. The van der Waals surface area contributed by atoms with Gasteiger partial charge in [0.15, 0.2) is 0 Å². The maximum atomic E-state index is 12.3. The Hall–Kier alpha value is -0.900. The van der Waals surface area contributed by atoms with Crippen molar-refractivity contribution in [1.82, 2.24) is 10.3 Å². The second-order valence-corrected chi connectivity index (χ2v) is 9.39. The fraction of sp³-hybridized carbons (Fsp3) is 0.750. The Bertz CT molecular complexity index is 475. The average molecular weight is 296 g/mol. The number of rotatable bonds is 3. The molecule has 1 aromatic rings. The first-order chi connectivity index (χ1) is 8.80. The minimum absolute atomic E-state index is 0.00980. The van der Waals surface area contributed by atoms with Gasteiger partial charge in [-0.1, -0.05) is 41.5 Å². The zero-order valence-electron chi connectivity index (χ0n) is 14.0. The molecule has 20 heavy (non-hydrogen) atoms. The molecule has 0 aliphatic carbocycles. The van der Waals surface area contributed by atoms with Gasteiger partial charge < -0.3 is 5.32 Å². The van der Waals surface area contributed by atoms with Gasteiger partial charge in [-0.05, 0) is 25.7 Å². The lowest BCUT2D eigenvalue weighted by Gasteiger charge is -2.33. The van der Waals surface area contributed by atoms with E-state index in [1.807, 2.05) is 0 Å². The van der Waals surface area contributed by atoms with Crippen LogP contribution in [0.5, 0.6) is 0 Å². The van der Waals surface area contributed by atoms with Crippen molar-refractivity contribution in [2.24, 2.45) is 5.41 Å². The highest BCUT2D eigenvalue weighted by molar-refractivity contribution is 7.13. The Morgan fingerprint density at radius 2 is 1.70 bits per heavy atom. The molecule has 1 heterocycles. The molecule has 0 bridgehead atoms. The summed E-state index contributed by atoms with van der Waals surface area (Å²) in [7, 11) is 0. The molecule has 4 heteroatoms. The van der Waals surface area contributed by atoms with Gasteiger partial charge in [-0.15, -0.1) is 11.3 Å². The van der Waals surface area contributed by atoms with Gasteiger partial charge in [0.1, 0.15) is 4.88 Å². The highest BCUT2D eigenvalue weighted by atomic mass is 32.1. The van der Waals surface area contributed by atoms with Crippen LogP contribution in [-0.2, 0) is 5.41 Å². The van der Waals surface area contributed by atoms with E-state index in [9.17, 15) is 4.79 Å². The lowest BCUT2D eigenvalue weighted by Crippen LogP contribution is -2.45. The molecular formula is C16H28N2OS. The van der Waals surface area contributed by atoms with Crippen LogP contribution in [0.25, 0.3) is 0 Å². The summed E-state index contributed by atoms with van der Waals surface area (Å²) in [5.41, 5.74) is -0.0492. The molecule has 3 nitrogen and oxygen atoms in total. The summed E-state index contributed by atoms with van der Waals surface area (Å²) >= 11 is 1.48. The minimum atomic E-state index is -0.221. The monoisotopic (exact) mass is 296 g/mol. The van der Waals surface area contributed by atoms with Gasteiger partial charge >= 0.3 is 0 Å². The Kier molecular flexibility index (Phi) is 4.69. The van der Waals surface area contributed by atoms with Crippen molar-refractivity contribution in [3.8, 4) is 0 Å². The minimum Gasteiger partial charge on any atom is -0.346 e. The van der Waals surface area contributed by atoms with Gasteiger partial charge in [-0.3, -0.25) is 4.79 Å². The van der Waals surface area contributed by atoms with Gasteiger partial charge in [0.05, 0.1) is 11.2 Å². The quantitative estimate of drug-likeness (QED) is 0.899. The normalized spacial score (nSPS) is 13.4. The number of hydrogen-bond acceptors (Lipinski definition) is 3. The lowest BCUT2D eigenvalue weighted by atomic mass is 9.82. The maximum Gasteiger partial charge on any atom is 0.263 e. The molecule has 1 amide bonds. The number of amides is 1. The highest BCUT2D eigenvalue weighted by Gasteiger charge is 2.28. The van der Waals surface area contributed by atoms with Crippen molar-refractivity contribution < 1.29 is 4.79 Å². The first-order valence-corrected chi connectivity index (χ1v) is 7.91. The second kappa shape index (κ2) is 5.47. The largest absolute Gasteiger partial charge is 0.346 e. The number of carbonyl (C=O) groups excluding carboxylic acids is 1. The molecule has 0 aliphatic rings. The molecule has 0 unspecified atom stereocenters. The average Bonchev–Trinajstić information content (AvgIpc) is 2.59. The molecule has 0 radical (unpaired) electrons. The summed E-state index contributed by atoms with van der Waals surface area (Å²) in [5.74, 6) is -0.0211. The van der Waals surface area contributed by atoms with E-state index in [0.29, 0.717) is 4.88 Å². The molecule has 0 spiro atoms. The number of nitrogens with one attached hydrogen (secondary N) is 1. The predicted molar refractivity (Wildman–Crippen MR) is 86.4 cm³/mol. The van der Waals surface area contributed by atoms with E-state index in [1.54, 1.807) is 6.20 Å². The molecule has 1 aromatic heterocycles. The van der Waals surface area contributed by atoms with Crippen LogP contribution in [0.2, 0.25) is 0 Å². The van der Waals surface area contributed by atoms with Crippen LogP contribution < -0.4 is 5.32 Å². The van der Waals surface area contributed by atoms with Crippen molar-refractivity contribution in [2.45, 2.75) is 72.8 Å². The Morgan fingerprint density at radius 1 is 1.15 bits per heavy atom. The zero-order chi connectivity index (χ0) is 15.8. The molecule has 0 fully saturated rings. The fourth-order valence-electron chi connectivity index (χ4n) is 2.46. The first kappa shape index (κ1) is 17.2. The number of carbonyl (C=O) groups is 1. The molecule has 0 saturated heterocycles. The van der Waals surface area contributed by atoms with Gasteiger partial charge in [0.2, 0.25) is 0 Å². The van der Waals surface area contributed by atoms with E-state index in [4.69, 9.17) is 0 Å². The predicted octanol–water partition coefficient (Wildman–Crippen LogP) is 4.39. The van der Waals surface area contributed by atoms with Crippen LogP contribution in [0.1, 0.15) is 76.5 Å². The van der Waals surface area contributed by atoms with E-state index in [0.717, 1.165) is 11.4 Å². The van der Waals surface area contributed by atoms with Crippen LogP contribution in [0, 0.1) is 5.41 Å². The third kappa shape index (κ3) is 5.23. The number of thiazole rings is 1. The summed E-state index contributed by atoms with van der Waals surface area (Å²) in [5, 5.41) is 4.12. The maximum absolute atomic E-state index is 12.3. The van der Waals surface area contributed by atoms with E-state index in [2.05, 4.69) is 65.7 Å². The number of nitrogens with zero attached hydrogens (tertiary/aromatic N) is 1.